The molecule has 0 spiro atoms. The Balaban J connectivity index is 1.42. The number of ketones is 1. The van der Waals surface area contributed by atoms with Crippen LogP contribution in [0.5, 0.6) is 11.5 Å². The number of allylic oxidation sites excluding steroid dienone is 1. The molecule has 0 bridgehead atoms. The Hall–Kier alpha value is -3.92. The lowest BCUT2D eigenvalue weighted by molar-refractivity contribution is 0.101. The number of rotatable bonds is 5. The number of aromatic amines is 1. The Morgan fingerprint density at radius 2 is 2.09 bits per heavy atom. The number of methoxy groups -OCH3 is 1. The zero-order valence-corrected chi connectivity index (χ0v) is 18.9. The van der Waals surface area contributed by atoms with E-state index in [1.807, 2.05) is 12.1 Å². The SMILES string of the molecule is COc1ccc2c(c1C(C)CN1CCN(C(=O)O)CC1)OC(=Cc1n[nH]c3ncccc13)C2=O. The number of aromatic nitrogens is 3. The normalized spacial score (nSPS) is 18.2. The van der Waals surface area contributed by atoms with E-state index < -0.39 is 6.09 Å². The molecular weight excluding hydrogens is 438 g/mol. The number of pyridine rings is 1. The van der Waals surface area contributed by atoms with Crippen molar-refractivity contribution in [1.29, 1.82) is 0 Å². The summed E-state index contributed by atoms with van der Waals surface area (Å²) in [5, 5.41) is 17.1. The van der Waals surface area contributed by atoms with Gasteiger partial charge < -0.3 is 19.5 Å². The monoisotopic (exact) mass is 463 g/mol. The van der Waals surface area contributed by atoms with E-state index in [0.29, 0.717) is 61.1 Å². The largest absolute Gasteiger partial charge is 0.496 e. The topological polar surface area (TPSA) is 121 Å². The van der Waals surface area contributed by atoms with Gasteiger partial charge in [-0.15, -0.1) is 0 Å². The number of nitrogens with one attached hydrogen (secondary N) is 1. The van der Waals surface area contributed by atoms with Crippen LogP contribution in [0.25, 0.3) is 17.1 Å². The zero-order valence-electron chi connectivity index (χ0n) is 18.9. The maximum atomic E-state index is 13.2. The quantitative estimate of drug-likeness (QED) is 0.554. The van der Waals surface area contributed by atoms with Crippen LogP contribution in [-0.2, 0) is 0 Å². The summed E-state index contributed by atoms with van der Waals surface area (Å²) in [6, 6.07) is 7.22. The predicted molar refractivity (Wildman–Crippen MR) is 124 cm³/mol. The Morgan fingerprint density at radius 1 is 1.29 bits per heavy atom. The molecule has 0 radical (unpaired) electrons. The molecule has 2 aliphatic rings. The van der Waals surface area contributed by atoms with Crippen LogP contribution in [-0.4, -0.2) is 81.8 Å². The molecular formula is C24H25N5O5. The van der Waals surface area contributed by atoms with Crippen molar-refractivity contribution in [1.82, 2.24) is 25.0 Å². The fourth-order valence-corrected chi connectivity index (χ4v) is 4.61. The fraction of sp³-hybridized carbons (Fsp3) is 0.333. The molecule has 0 saturated carbocycles. The maximum Gasteiger partial charge on any atom is 0.407 e. The molecule has 1 amide bonds. The van der Waals surface area contributed by atoms with Crippen molar-refractivity contribution in [3.63, 3.8) is 0 Å². The number of carboxylic acid groups (broad SMARTS) is 1. The molecule has 1 aromatic carbocycles. The van der Waals surface area contributed by atoms with Gasteiger partial charge in [0.1, 0.15) is 11.5 Å². The van der Waals surface area contributed by atoms with Crippen molar-refractivity contribution in [3.8, 4) is 11.5 Å². The first kappa shape index (κ1) is 21.9. The van der Waals surface area contributed by atoms with E-state index in [0.717, 1.165) is 10.9 Å². The molecule has 1 saturated heterocycles. The van der Waals surface area contributed by atoms with E-state index in [1.165, 1.54) is 4.90 Å². The van der Waals surface area contributed by atoms with Crippen LogP contribution in [0.4, 0.5) is 4.79 Å². The third-order valence-corrected chi connectivity index (χ3v) is 6.36. The molecule has 3 aromatic rings. The van der Waals surface area contributed by atoms with E-state index in [2.05, 4.69) is 27.0 Å². The lowest BCUT2D eigenvalue weighted by atomic mass is 9.95. The smallest absolute Gasteiger partial charge is 0.407 e. The highest BCUT2D eigenvalue weighted by atomic mass is 16.5. The Morgan fingerprint density at radius 3 is 2.82 bits per heavy atom. The number of amides is 1. The standard InChI is InChI=1S/C24H25N5O5/c1-14(13-28-8-10-29(11-9-28)24(31)32)20-18(33-2)6-5-16-21(30)19(34-22(16)20)12-17-15-4-3-7-25-23(15)27-26-17/h3-7,12,14H,8-11,13H2,1-2H3,(H,31,32)(H,25,26,27). The maximum absolute atomic E-state index is 13.2. The lowest BCUT2D eigenvalue weighted by Crippen LogP contribution is -2.49. The summed E-state index contributed by atoms with van der Waals surface area (Å²) >= 11 is 0. The number of carbonyl (C=O) groups excluding carboxylic acids is 1. The van der Waals surface area contributed by atoms with E-state index in [9.17, 15) is 14.7 Å². The second kappa shape index (κ2) is 8.79. The number of Topliss-reactive ketones (excluding diaryl/α,β-unsaturated/α-hetero) is 1. The van der Waals surface area contributed by atoms with E-state index >= 15 is 0 Å². The van der Waals surface area contributed by atoms with Crippen LogP contribution in [0.3, 0.4) is 0 Å². The van der Waals surface area contributed by atoms with Gasteiger partial charge in [0.15, 0.2) is 11.4 Å². The summed E-state index contributed by atoms with van der Waals surface area (Å²) in [7, 11) is 1.60. The van der Waals surface area contributed by atoms with Crippen molar-refractivity contribution in [3.05, 3.63) is 53.0 Å². The highest BCUT2D eigenvalue weighted by Crippen LogP contribution is 2.44. The van der Waals surface area contributed by atoms with Gasteiger partial charge in [-0.05, 0) is 24.3 Å². The van der Waals surface area contributed by atoms with Crippen LogP contribution in [0.2, 0.25) is 0 Å². The van der Waals surface area contributed by atoms with Gasteiger partial charge in [-0.3, -0.25) is 14.8 Å². The van der Waals surface area contributed by atoms with E-state index in [-0.39, 0.29) is 17.5 Å². The number of ether oxygens (including phenoxy) is 2. The Labute approximate surface area is 195 Å². The minimum absolute atomic E-state index is 0.0103. The molecule has 1 fully saturated rings. The fourth-order valence-electron chi connectivity index (χ4n) is 4.61. The molecule has 0 aliphatic carbocycles. The van der Waals surface area contributed by atoms with Gasteiger partial charge in [0.2, 0.25) is 5.78 Å². The molecule has 2 aromatic heterocycles. The summed E-state index contributed by atoms with van der Waals surface area (Å²) < 4.78 is 11.7. The van der Waals surface area contributed by atoms with Gasteiger partial charge in [0, 0.05) is 61.9 Å². The Bertz CT molecular complexity index is 1290. The third kappa shape index (κ3) is 3.86. The first-order valence-corrected chi connectivity index (χ1v) is 11.1. The zero-order chi connectivity index (χ0) is 23.8. The van der Waals surface area contributed by atoms with Crippen molar-refractivity contribution in [2.24, 2.45) is 0 Å². The van der Waals surface area contributed by atoms with E-state index in [4.69, 9.17) is 9.47 Å². The minimum atomic E-state index is -0.887. The first-order chi connectivity index (χ1) is 16.5. The van der Waals surface area contributed by atoms with Gasteiger partial charge in [0.05, 0.1) is 18.4 Å². The predicted octanol–water partition coefficient (Wildman–Crippen LogP) is 2.98. The second-order valence-corrected chi connectivity index (χ2v) is 8.48. The number of fused-ring (bicyclic) bond motifs is 2. The summed E-state index contributed by atoms with van der Waals surface area (Å²) in [6.07, 6.45) is 2.42. The average Bonchev–Trinajstić information content (AvgIpc) is 3.39. The summed E-state index contributed by atoms with van der Waals surface area (Å²) in [4.78, 5) is 32.2. The van der Waals surface area contributed by atoms with Crippen molar-refractivity contribution in [2.75, 3.05) is 39.8 Å². The van der Waals surface area contributed by atoms with Crippen LogP contribution in [0.1, 0.15) is 34.5 Å². The highest BCUT2D eigenvalue weighted by Gasteiger charge is 2.34. The van der Waals surface area contributed by atoms with Crippen molar-refractivity contribution >= 4 is 29.0 Å². The van der Waals surface area contributed by atoms with E-state index in [1.54, 1.807) is 31.5 Å². The molecule has 176 valence electrons. The number of nitrogens with zero attached hydrogens (tertiary/aromatic N) is 4. The molecule has 2 N–H and O–H groups in total. The first-order valence-electron chi connectivity index (χ1n) is 11.1. The number of piperazine rings is 1. The van der Waals surface area contributed by atoms with Crippen LogP contribution < -0.4 is 9.47 Å². The van der Waals surface area contributed by atoms with Gasteiger partial charge in [-0.1, -0.05) is 6.92 Å². The Kier molecular flexibility index (Phi) is 5.66. The molecule has 1 unspecified atom stereocenters. The van der Waals surface area contributed by atoms with Gasteiger partial charge in [-0.25, -0.2) is 9.78 Å². The molecule has 34 heavy (non-hydrogen) atoms. The number of H-pyrrole nitrogens is 1. The van der Waals surface area contributed by atoms with Gasteiger partial charge in [0.25, 0.3) is 0 Å². The summed E-state index contributed by atoms with van der Waals surface area (Å²) in [6.45, 7) is 5.00. The third-order valence-electron chi connectivity index (χ3n) is 6.36. The minimum Gasteiger partial charge on any atom is -0.496 e. The molecule has 10 nitrogen and oxygen atoms in total. The number of carbonyl (C=O) groups is 2. The molecule has 4 heterocycles. The van der Waals surface area contributed by atoms with Crippen molar-refractivity contribution in [2.45, 2.75) is 12.8 Å². The van der Waals surface area contributed by atoms with Crippen molar-refractivity contribution < 1.29 is 24.2 Å². The number of hydrogen-bond acceptors (Lipinski definition) is 7. The van der Waals surface area contributed by atoms with Gasteiger partial charge in [-0.2, -0.15) is 5.10 Å². The molecule has 2 aliphatic heterocycles. The molecule has 5 rings (SSSR count). The van der Waals surface area contributed by atoms with Gasteiger partial charge >= 0.3 is 6.09 Å². The van der Waals surface area contributed by atoms with Crippen LogP contribution in [0.15, 0.2) is 36.2 Å². The molecule has 10 heteroatoms. The summed E-state index contributed by atoms with van der Waals surface area (Å²) in [5.74, 6) is 1.14. The highest BCUT2D eigenvalue weighted by molar-refractivity contribution is 6.15. The average molecular weight is 463 g/mol. The number of benzene rings is 1. The number of hydrogen-bond donors (Lipinski definition) is 2. The van der Waals surface area contributed by atoms with Crippen LogP contribution >= 0.6 is 0 Å². The second-order valence-electron chi connectivity index (χ2n) is 8.48. The lowest BCUT2D eigenvalue weighted by Gasteiger charge is -2.34. The summed E-state index contributed by atoms with van der Waals surface area (Å²) in [5.41, 5.74) is 2.53. The van der Waals surface area contributed by atoms with Crippen LogP contribution in [0, 0.1) is 0 Å². The molecule has 1 atom stereocenters.